The van der Waals surface area contributed by atoms with Crippen molar-refractivity contribution in [3.8, 4) is 0 Å². The van der Waals surface area contributed by atoms with Gasteiger partial charge in [0.2, 0.25) is 0 Å². The lowest BCUT2D eigenvalue weighted by Gasteiger charge is -2.18. The molecule has 0 saturated carbocycles. The molecule has 0 unspecified atom stereocenters. The summed E-state index contributed by atoms with van der Waals surface area (Å²) in [4.78, 5) is 17.0. The molecule has 3 rings (SSSR count). The second-order valence-corrected chi connectivity index (χ2v) is 6.27. The summed E-state index contributed by atoms with van der Waals surface area (Å²) in [5.41, 5.74) is 2.67. The number of aromatic nitrogens is 1. The summed E-state index contributed by atoms with van der Waals surface area (Å²) < 4.78 is 39.2. The summed E-state index contributed by atoms with van der Waals surface area (Å²) in [7, 11) is 0. The van der Waals surface area contributed by atoms with Gasteiger partial charge in [-0.2, -0.15) is 13.2 Å². The van der Waals surface area contributed by atoms with Crippen molar-refractivity contribution in [3.05, 3.63) is 41.6 Å². The van der Waals surface area contributed by atoms with Gasteiger partial charge in [0.1, 0.15) is 0 Å². The maximum Gasteiger partial charge on any atom is 0.393 e. The number of alkyl halides is 3. The van der Waals surface area contributed by atoms with Crippen molar-refractivity contribution in [2.45, 2.75) is 19.6 Å². The average molecular weight is 338 g/mol. The summed E-state index contributed by atoms with van der Waals surface area (Å²) in [6.45, 7) is 1.82. The Morgan fingerprint density at radius 1 is 1.38 bits per heavy atom. The van der Waals surface area contributed by atoms with Crippen LogP contribution in [0.5, 0.6) is 0 Å². The Morgan fingerprint density at radius 2 is 2.12 bits per heavy atom. The van der Waals surface area contributed by atoms with Gasteiger partial charge in [-0.3, -0.25) is 14.7 Å². The smallest absolute Gasteiger partial charge is 0.393 e. The van der Waals surface area contributed by atoms with Gasteiger partial charge in [0.05, 0.1) is 17.4 Å². The van der Waals surface area contributed by atoms with E-state index in [-0.39, 0.29) is 13.1 Å². The van der Waals surface area contributed by atoms with Gasteiger partial charge >= 0.3 is 12.1 Å². The molecule has 1 fully saturated rings. The lowest BCUT2D eigenvalue weighted by atomic mass is 9.96. The third kappa shape index (κ3) is 3.21. The normalized spacial score (nSPS) is 22.2. The molecule has 0 radical (unpaired) electrons. The summed E-state index contributed by atoms with van der Waals surface area (Å²) >= 11 is 0. The van der Waals surface area contributed by atoms with Gasteiger partial charge < -0.3 is 5.11 Å². The zero-order valence-electron chi connectivity index (χ0n) is 13.0. The van der Waals surface area contributed by atoms with Gasteiger partial charge in [-0.1, -0.05) is 12.1 Å². The highest BCUT2D eigenvalue weighted by Gasteiger charge is 2.52. The molecule has 4 nitrogen and oxygen atoms in total. The number of nitrogens with zero attached hydrogens (tertiary/aromatic N) is 2. The van der Waals surface area contributed by atoms with E-state index in [1.807, 2.05) is 31.2 Å². The van der Waals surface area contributed by atoms with Crippen LogP contribution in [0.2, 0.25) is 0 Å². The number of hydrogen-bond acceptors (Lipinski definition) is 3. The highest BCUT2D eigenvalue weighted by atomic mass is 19.4. The van der Waals surface area contributed by atoms with Crippen LogP contribution in [0.4, 0.5) is 13.2 Å². The minimum atomic E-state index is -4.50. The molecule has 0 spiro atoms. The molecule has 128 valence electrons. The van der Waals surface area contributed by atoms with Gasteiger partial charge in [0, 0.05) is 31.2 Å². The predicted octanol–water partition coefficient (Wildman–Crippen LogP) is 3.24. The van der Waals surface area contributed by atoms with Crippen molar-refractivity contribution in [2.75, 3.05) is 13.1 Å². The number of likely N-dealkylation sites (tertiary alicyclic amines) is 1. The molecule has 0 bridgehead atoms. The number of pyridine rings is 1. The van der Waals surface area contributed by atoms with E-state index < -0.39 is 24.0 Å². The van der Waals surface area contributed by atoms with Crippen LogP contribution < -0.4 is 0 Å². The number of benzene rings is 1. The Morgan fingerprint density at radius 3 is 2.75 bits per heavy atom. The predicted molar refractivity (Wildman–Crippen MR) is 82.4 cm³/mol. The van der Waals surface area contributed by atoms with Crippen LogP contribution in [0.25, 0.3) is 10.9 Å². The van der Waals surface area contributed by atoms with Crippen LogP contribution in [-0.4, -0.2) is 40.2 Å². The Hall–Kier alpha value is -2.15. The lowest BCUT2D eigenvalue weighted by Crippen LogP contribution is -2.33. The first-order valence-corrected chi connectivity index (χ1v) is 7.62. The number of carbonyl (C=O) groups is 1. The van der Waals surface area contributed by atoms with Crippen molar-refractivity contribution in [2.24, 2.45) is 11.8 Å². The Labute approximate surface area is 136 Å². The highest BCUT2D eigenvalue weighted by molar-refractivity contribution is 5.82. The number of hydrogen-bond donors (Lipinski definition) is 1. The van der Waals surface area contributed by atoms with Crippen LogP contribution in [-0.2, 0) is 11.3 Å². The topological polar surface area (TPSA) is 53.4 Å². The fourth-order valence-electron chi connectivity index (χ4n) is 3.40. The van der Waals surface area contributed by atoms with Crippen molar-refractivity contribution in [1.82, 2.24) is 9.88 Å². The summed E-state index contributed by atoms with van der Waals surface area (Å²) in [6.07, 6.45) is -2.80. The van der Waals surface area contributed by atoms with Gasteiger partial charge in [0.25, 0.3) is 0 Å². The van der Waals surface area contributed by atoms with Crippen molar-refractivity contribution in [3.63, 3.8) is 0 Å². The van der Waals surface area contributed by atoms with Gasteiger partial charge in [-0.15, -0.1) is 0 Å². The number of aryl methyl sites for hydroxylation is 1. The number of halogens is 3. The fourth-order valence-corrected chi connectivity index (χ4v) is 3.40. The molecule has 1 saturated heterocycles. The number of fused-ring (bicyclic) bond motifs is 1. The molecule has 1 aliphatic heterocycles. The Bertz CT molecular complexity index is 776. The zero-order chi connectivity index (χ0) is 17.5. The van der Waals surface area contributed by atoms with E-state index >= 15 is 0 Å². The minimum absolute atomic E-state index is 0.0936. The SMILES string of the molecule is Cc1cc(CN2C[C@@H](C(F)(F)F)[C@H](C(=O)O)C2)cc2cccnc12. The second kappa shape index (κ2) is 6.05. The number of carboxylic acid groups (broad SMARTS) is 1. The monoisotopic (exact) mass is 338 g/mol. The molecular formula is C17H17F3N2O2. The first kappa shape index (κ1) is 16.7. The molecular weight excluding hydrogens is 321 g/mol. The molecule has 0 aliphatic carbocycles. The second-order valence-electron chi connectivity index (χ2n) is 6.27. The van der Waals surface area contributed by atoms with E-state index in [0.29, 0.717) is 6.54 Å². The highest BCUT2D eigenvalue weighted by Crippen LogP contribution is 2.38. The molecule has 7 heteroatoms. The third-order valence-corrected chi connectivity index (χ3v) is 4.49. The van der Waals surface area contributed by atoms with Crippen molar-refractivity contribution < 1.29 is 23.1 Å². The van der Waals surface area contributed by atoms with Crippen LogP contribution >= 0.6 is 0 Å². The van der Waals surface area contributed by atoms with E-state index in [4.69, 9.17) is 5.11 Å². The number of carboxylic acids is 1. The molecule has 2 aromatic rings. The number of aliphatic carboxylic acids is 1. The van der Waals surface area contributed by atoms with E-state index in [1.54, 1.807) is 11.1 Å². The molecule has 1 aliphatic rings. The minimum Gasteiger partial charge on any atom is -0.481 e. The number of rotatable bonds is 3. The van der Waals surface area contributed by atoms with Crippen molar-refractivity contribution in [1.29, 1.82) is 0 Å². The van der Waals surface area contributed by atoms with Crippen LogP contribution in [0.15, 0.2) is 30.5 Å². The molecule has 0 amide bonds. The summed E-state index contributed by atoms with van der Waals surface area (Å²) in [6, 6.07) is 7.50. The lowest BCUT2D eigenvalue weighted by molar-refractivity contribution is -0.188. The molecule has 1 N–H and O–H groups in total. The largest absolute Gasteiger partial charge is 0.481 e. The van der Waals surface area contributed by atoms with Crippen LogP contribution in [0.3, 0.4) is 0 Å². The quantitative estimate of drug-likeness (QED) is 0.933. The van der Waals surface area contributed by atoms with Crippen LogP contribution in [0, 0.1) is 18.8 Å². The molecule has 2 heterocycles. The van der Waals surface area contributed by atoms with E-state index in [2.05, 4.69) is 4.98 Å². The van der Waals surface area contributed by atoms with Crippen LogP contribution in [0.1, 0.15) is 11.1 Å². The maximum atomic E-state index is 13.1. The third-order valence-electron chi connectivity index (χ3n) is 4.49. The van der Waals surface area contributed by atoms with Gasteiger partial charge in [0.15, 0.2) is 0 Å². The van der Waals surface area contributed by atoms with Gasteiger partial charge in [-0.25, -0.2) is 0 Å². The molecule has 24 heavy (non-hydrogen) atoms. The summed E-state index contributed by atoms with van der Waals surface area (Å²) in [5.74, 6) is -4.62. The van der Waals surface area contributed by atoms with Crippen molar-refractivity contribution >= 4 is 16.9 Å². The standard InChI is InChI=1S/C17H17F3N2O2/c1-10-5-11(6-12-3-2-4-21-15(10)12)7-22-8-13(16(23)24)14(9-22)17(18,19)20/h2-6,13-14H,7-9H2,1H3,(H,23,24)/t13-,14-/m1/s1. The molecule has 2 atom stereocenters. The first-order valence-electron chi connectivity index (χ1n) is 7.62. The van der Waals surface area contributed by atoms with E-state index in [9.17, 15) is 18.0 Å². The van der Waals surface area contributed by atoms with Gasteiger partial charge in [-0.05, 0) is 30.2 Å². The summed E-state index contributed by atoms with van der Waals surface area (Å²) in [5, 5.41) is 10.0. The van der Waals surface area contributed by atoms with E-state index in [1.165, 1.54) is 0 Å². The maximum absolute atomic E-state index is 13.1. The first-order chi connectivity index (χ1) is 11.3. The molecule has 1 aromatic carbocycles. The zero-order valence-corrected chi connectivity index (χ0v) is 13.0. The van der Waals surface area contributed by atoms with E-state index in [0.717, 1.165) is 22.0 Å². The Balaban J connectivity index is 1.83. The molecule has 1 aromatic heterocycles. The Kier molecular flexibility index (Phi) is 4.21. The fraction of sp³-hybridized carbons (Fsp3) is 0.412. The average Bonchev–Trinajstić information content (AvgIpc) is 2.91.